The maximum atomic E-state index is 12.6. The predicted molar refractivity (Wildman–Crippen MR) is 158 cm³/mol. The van der Waals surface area contributed by atoms with Gasteiger partial charge in [-0.25, -0.2) is 4.79 Å². The number of hydrogen-bond acceptors (Lipinski definition) is 9. The summed E-state index contributed by atoms with van der Waals surface area (Å²) in [6.07, 6.45) is 1.26. The molecule has 1 aliphatic rings. The average molecular weight is 581 g/mol. The first kappa shape index (κ1) is 31.8. The van der Waals surface area contributed by atoms with Crippen molar-refractivity contribution in [1.29, 1.82) is 0 Å². The zero-order chi connectivity index (χ0) is 31.1. The summed E-state index contributed by atoms with van der Waals surface area (Å²) in [6.45, 7) is 9.52. The Morgan fingerprint density at radius 2 is 1.48 bits per heavy atom. The summed E-state index contributed by atoms with van der Waals surface area (Å²) in [4.78, 5) is 56.1. The molecule has 0 radical (unpaired) electrons. The van der Waals surface area contributed by atoms with Crippen molar-refractivity contribution in [1.82, 2.24) is 10.6 Å². The van der Waals surface area contributed by atoms with Crippen LogP contribution in [0, 0.1) is 31.1 Å². The van der Waals surface area contributed by atoms with Crippen molar-refractivity contribution in [2.75, 3.05) is 13.1 Å². The minimum atomic E-state index is -0.776. The molecule has 2 unspecified atom stereocenters. The molecule has 0 bridgehead atoms. The van der Waals surface area contributed by atoms with Crippen molar-refractivity contribution in [3.8, 4) is 0 Å². The van der Waals surface area contributed by atoms with Crippen molar-refractivity contribution in [2.24, 2.45) is 21.0 Å². The number of rotatable bonds is 10. The van der Waals surface area contributed by atoms with Crippen LogP contribution in [-0.4, -0.2) is 52.4 Å². The van der Waals surface area contributed by atoms with E-state index < -0.39 is 15.9 Å². The zero-order valence-corrected chi connectivity index (χ0v) is 24.4. The van der Waals surface area contributed by atoms with Crippen LogP contribution in [0.5, 0.6) is 0 Å². The van der Waals surface area contributed by atoms with Crippen LogP contribution in [-0.2, 0) is 9.63 Å². The summed E-state index contributed by atoms with van der Waals surface area (Å²) >= 11 is 0. The lowest BCUT2D eigenvalue weighted by atomic mass is 9.62. The molecule has 1 saturated carbocycles. The van der Waals surface area contributed by atoms with Gasteiger partial charge in [0.05, 0.1) is 26.7 Å². The molecule has 2 N–H and O–H groups in total. The van der Waals surface area contributed by atoms with E-state index in [0.29, 0.717) is 30.7 Å². The topological polar surface area (TPSA) is 178 Å². The zero-order valence-electron chi connectivity index (χ0n) is 24.4. The summed E-state index contributed by atoms with van der Waals surface area (Å²) in [5.74, 6) is -0.318. The number of carbonyl (C=O) groups is 2. The molecule has 2 atom stereocenters. The quantitative estimate of drug-likeness (QED) is 0.168. The van der Waals surface area contributed by atoms with Crippen molar-refractivity contribution in [3.05, 3.63) is 79.9 Å². The molecular formula is C29H36N6O7. The number of oxime groups is 1. The normalized spacial score (nSPS) is 20.4. The Hall–Kier alpha value is -4.68. The van der Waals surface area contributed by atoms with Gasteiger partial charge in [0.2, 0.25) is 5.91 Å². The molecule has 1 aliphatic carbocycles. The monoisotopic (exact) mass is 580 g/mol. The summed E-state index contributed by atoms with van der Waals surface area (Å²) < 4.78 is 0. The van der Waals surface area contributed by atoms with E-state index >= 15 is 0 Å². The molecule has 13 heteroatoms. The maximum absolute atomic E-state index is 12.6. The average Bonchev–Trinajstić information content (AvgIpc) is 2.92. The molecule has 0 heterocycles. The van der Waals surface area contributed by atoms with Gasteiger partial charge in [0.25, 0.3) is 11.4 Å². The number of benzene rings is 2. The molecule has 2 amide bonds. The number of amides is 2. The molecule has 224 valence electrons. The Bertz CT molecular complexity index is 1420. The first-order valence-electron chi connectivity index (χ1n) is 13.5. The van der Waals surface area contributed by atoms with Crippen LogP contribution in [0.2, 0.25) is 0 Å². The van der Waals surface area contributed by atoms with E-state index in [9.17, 15) is 29.8 Å². The van der Waals surface area contributed by atoms with Gasteiger partial charge in [-0.2, -0.15) is 0 Å². The molecule has 1 fully saturated rings. The van der Waals surface area contributed by atoms with Crippen molar-refractivity contribution >= 4 is 34.8 Å². The van der Waals surface area contributed by atoms with Crippen molar-refractivity contribution < 1.29 is 24.3 Å². The van der Waals surface area contributed by atoms with Gasteiger partial charge in [-0.05, 0) is 56.1 Å². The van der Waals surface area contributed by atoms with E-state index in [1.807, 2.05) is 6.92 Å². The number of carbonyl (C=O) groups excluding carboxylic acids is 2. The number of nitro groups is 2. The minimum absolute atomic E-state index is 0.0737. The molecule has 0 aromatic heterocycles. The van der Waals surface area contributed by atoms with Crippen LogP contribution in [0.25, 0.3) is 0 Å². The largest absolute Gasteiger partial charge is 0.433 e. The van der Waals surface area contributed by atoms with E-state index in [1.165, 1.54) is 25.1 Å². The number of para-hydroxylation sites is 2. The highest BCUT2D eigenvalue weighted by Gasteiger charge is 2.42. The van der Waals surface area contributed by atoms with Crippen LogP contribution >= 0.6 is 0 Å². The van der Waals surface area contributed by atoms with Gasteiger partial charge in [-0.3, -0.25) is 34.9 Å². The summed E-state index contributed by atoms with van der Waals surface area (Å²) in [7, 11) is 0. The summed E-state index contributed by atoms with van der Waals surface area (Å²) in [5, 5.41) is 32.1. The maximum Gasteiger partial charge on any atom is 0.433 e. The van der Waals surface area contributed by atoms with Gasteiger partial charge in [0.1, 0.15) is 6.54 Å². The van der Waals surface area contributed by atoms with Gasteiger partial charge in [0, 0.05) is 30.4 Å². The van der Waals surface area contributed by atoms with E-state index in [-0.39, 0.29) is 52.0 Å². The SMILES string of the molecule is CC(=NCC(=O)NCC1(C)CC(NC(=O)O/N=C(\C)c2ccccc2[N+](=O)[O-])CC(C)(C)C1)c1ccccc1[N+](=O)[O-]. The van der Waals surface area contributed by atoms with E-state index in [2.05, 4.69) is 34.6 Å². The number of nitro benzene ring substituents is 2. The van der Waals surface area contributed by atoms with E-state index in [0.717, 1.165) is 6.42 Å². The second-order valence-electron chi connectivity index (χ2n) is 11.7. The smallest absolute Gasteiger partial charge is 0.354 e. The first-order chi connectivity index (χ1) is 19.7. The Morgan fingerprint density at radius 1 is 0.929 bits per heavy atom. The lowest BCUT2D eigenvalue weighted by molar-refractivity contribution is -0.385. The number of nitrogens with zero attached hydrogens (tertiary/aromatic N) is 4. The Morgan fingerprint density at radius 3 is 2.05 bits per heavy atom. The fraction of sp³-hybridized carbons (Fsp3) is 0.448. The van der Waals surface area contributed by atoms with Crippen LogP contribution in [0.15, 0.2) is 58.7 Å². The Labute approximate surface area is 243 Å². The molecule has 42 heavy (non-hydrogen) atoms. The fourth-order valence-electron chi connectivity index (χ4n) is 5.74. The van der Waals surface area contributed by atoms with Crippen LogP contribution in [0.1, 0.15) is 65.0 Å². The molecule has 13 nitrogen and oxygen atoms in total. The molecular weight excluding hydrogens is 544 g/mol. The number of aliphatic imine (C=N–C) groups is 1. The molecule has 3 rings (SSSR count). The Balaban J connectivity index is 1.59. The molecule has 2 aromatic rings. The third kappa shape index (κ3) is 8.66. The van der Waals surface area contributed by atoms with E-state index in [4.69, 9.17) is 4.84 Å². The van der Waals surface area contributed by atoms with Crippen LogP contribution in [0.3, 0.4) is 0 Å². The highest BCUT2D eigenvalue weighted by Crippen LogP contribution is 2.45. The van der Waals surface area contributed by atoms with Crippen LogP contribution in [0.4, 0.5) is 16.2 Å². The third-order valence-electron chi connectivity index (χ3n) is 7.18. The highest BCUT2D eigenvalue weighted by molar-refractivity contribution is 6.03. The second-order valence-corrected chi connectivity index (χ2v) is 11.7. The second kappa shape index (κ2) is 13.3. The number of nitrogens with one attached hydrogen (secondary N) is 2. The lowest BCUT2D eigenvalue weighted by Gasteiger charge is -2.46. The molecule has 0 aliphatic heterocycles. The third-order valence-corrected chi connectivity index (χ3v) is 7.18. The number of hydrogen-bond donors (Lipinski definition) is 2. The minimum Gasteiger partial charge on any atom is -0.354 e. The highest BCUT2D eigenvalue weighted by atomic mass is 16.7. The molecule has 0 spiro atoms. The van der Waals surface area contributed by atoms with Crippen LogP contribution < -0.4 is 10.6 Å². The van der Waals surface area contributed by atoms with Gasteiger partial charge < -0.3 is 10.6 Å². The summed E-state index contributed by atoms with van der Waals surface area (Å²) in [6, 6.07) is 12.0. The fourth-order valence-corrected chi connectivity index (χ4v) is 5.74. The molecule has 0 saturated heterocycles. The van der Waals surface area contributed by atoms with Gasteiger partial charge in [-0.15, -0.1) is 0 Å². The van der Waals surface area contributed by atoms with Crippen molar-refractivity contribution in [2.45, 2.75) is 59.9 Å². The van der Waals surface area contributed by atoms with E-state index in [1.54, 1.807) is 37.3 Å². The first-order valence-corrected chi connectivity index (χ1v) is 13.5. The van der Waals surface area contributed by atoms with Gasteiger partial charge >= 0.3 is 6.09 Å². The standard InChI is InChI=1S/C29H36N6O7/c1-19(22-10-6-8-12-24(22)34(38)39)30-16-26(36)31-18-29(5)15-21(14-28(3,4)17-29)32-27(37)42-33-20(2)23-11-7-9-13-25(23)35(40)41/h6-13,21H,14-18H2,1-5H3,(H,31,36)(H,32,37)/b30-19?,33-20+. The predicted octanol–water partition coefficient (Wildman–Crippen LogP) is 5.16. The summed E-state index contributed by atoms with van der Waals surface area (Å²) in [5.41, 5.74) is 0.472. The van der Waals surface area contributed by atoms with Gasteiger partial charge in [-0.1, -0.05) is 50.2 Å². The van der Waals surface area contributed by atoms with Crippen molar-refractivity contribution in [3.63, 3.8) is 0 Å². The van der Waals surface area contributed by atoms with Gasteiger partial charge in [0.15, 0.2) is 0 Å². The Kier molecular flexibility index (Phi) is 10.1. The molecule has 2 aromatic carbocycles. The lowest BCUT2D eigenvalue weighted by Crippen LogP contribution is -2.50.